The highest BCUT2D eigenvalue weighted by Crippen LogP contribution is 2.34. The SMILES string of the molecule is CCNC(=NCC(C1CC1)N(C)C)NCC(C)Oc1cccc(F)c1.I. The molecule has 0 aliphatic heterocycles. The van der Waals surface area contributed by atoms with E-state index in [9.17, 15) is 4.39 Å². The highest BCUT2D eigenvalue weighted by molar-refractivity contribution is 14.0. The molecule has 7 heteroatoms. The fraction of sp³-hybridized carbons (Fsp3) is 0.632. The van der Waals surface area contributed by atoms with Crippen LogP contribution in [0.3, 0.4) is 0 Å². The Hall–Kier alpha value is -1.09. The van der Waals surface area contributed by atoms with E-state index in [4.69, 9.17) is 9.73 Å². The zero-order valence-corrected chi connectivity index (χ0v) is 18.5. The van der Waals surface area contributed by atoms with Gasteiger partial charge < -0.3 is 20.3 Å². The van der Waals surface area contributed by atoms with Gasteiger partial charge in [0.05, 0.1) is 13.1 Å². The monoisotopic (exact) mass is 478 g/mol. The van der Waals surface area contributed by atoms with Gasteiger partial charge in [-0.2, -0.15) is 0 Å². The molecule has 2 atom stereocenters. The van der Waals surface area contributed by atoms with Crippen LogP contribution >= 0.6 is 24.0 Å². The Bertz CT molecular complexity index is 564. The maximum absolute atomic E-state index is 13.2. The molecule has 0 aromatic heterocycles. The lowest BCUT2D eigenvalue weighted by Gasteiger charge is -2.23. The van der Waals surface area contributed by atoms with Crippen molar-refractivity contribution in [1.82, 2.24) is 15.5 Å². The van der Waals surface area contributed by atoms with Crippen LogP contribution in [0.2, 0.25) is 0 Å². The van der Waals surface area contributed by atoms with Gasteiger partial charge in [-0.3, -0.25) is 4.99 Å². The molecular weight excluding hydrogens is 446 g/mol. The molecule has 1 aliphatic carbocycles. The fourth-order valence-corrected chi connectivity index (χ4v) is 2.80. The maximum atomic E-state index is 13.2. The van der Waals surface area contributed by atoms with E-state index in [1.807, 2.05) is 13.8 Å². The summed E-state index contributed by atoms with van der Waals surface area (Å²) in [5, 5.41) is 6.58. The summed E-state index contributed by atoms with van der Waals surface area (Å²) in [5.74, 6) is 1.82. The zero-order valence-electron chi connectivity index (χ0n) is 16.2. The minimum atomic E-state index is -0.289. The molecule has 2 unspecified atom stereocenters. The minimum absolute atomic E-state index is 0. The van der Waals surface area contributed by atoms with Crippen molar-refractivity contribution in [3.63, 3.8) is 0 Å². The average Bonchev–Trinajstić information content (AvgIpc) is 3.37. The minimum Gasteiger partial charge on any atom is -0.489 e. The van der Waals surface area contributed by atoms with Gasteiger partial charge in [0.25, 0.3) is 0 Å². The lowest BCUT2D eigenvalue weighted by molar-refractivity contribution is 0.223. The predicted octanol–water partition coefficient (Wildman–Crippen LogP) is 3.11. The number of rotatable bonds is 9. The van der Waals surface area contributed by atoms with Crippen molar-refractivity contribution in [3.8, 4) is 5.75 Å². The summed E-state index contributed by atoms with van der Waals surface area (Å²) in [6, 6.07) is 6.71. The molecule has 0 heterocycles. The number of likely N-dealkylation sites (N-methyl/N-ethyl adjacent to an activating group) is 1. The van der Waals surface area contributed by atoms with Crippen molar-refractivity contribution >= 4 is 29.9 Å². The summed E-state index contributed by atoms with van der Waals surface area (Å²) in [6.45, 7) is 6.19. The number of hydrogen-bond acceptors (Lipinski definition) is 3. The maximum Gasteiger partial charge on any atom is 0.191 e. The van der Waals surface area contributed by atoms with Crippen LogP contribution < -0.4 is 15.4 Å². The third kappa shape index (κ3) is 8.07. The zero-order chi connectivity index (χ0) is 18.2. The highest BCUT2D eigenvalue weighted by atomic mass is 127. The van der Waals surface area contributed by atoms with Gasteiger partial charge in [0, 0.05) is 18.7 Å². The van der Waals surface area contributed by atoms with Gasteiger partial charge in [0.1, 0.15) is 17.7 Å². The molecule has 1 fully saturated rings. The van der Waals surface area contributed by atoms with E-state index in [1.54, 1.807) is 12.1 Å². The van der Waals surface area contributed by atoms with Crippen molar-refractivity contribution < 1.29 is 9.13 Å². The lowest BCUT2D eigenvalue weighted by atomic mass is 10.2. The third-order valence-electron chi connectivity index (χ3n) is 4.30. The second-order valence-electron chi connectivity index (χ2n) is 6.85. The summed E-state index contributed by atoms with van der Waals surface area (Å²) in [4.78, 5) is 6.99. The topological polar surface area (TPSA) is 48.9 Å². The number of benzene rings is 1. The van der Waals surface area contributed by atoms with Gasteiger partial charge in [-0.1, -0.05) is 6.07 Å². The molecular formula is C19H32FIN4O. The van der Waals surface area contributed by atoms with Gasteiger partial charge >= 0.3 is 0 Å². The van der Waals surface area contributed by atoms with E-state index >= 15 is 0 Å². The molecule has 0 saturated heterocycles. The number of nitrogens with zero attached hydrogens (tertiary/aromatic N) is 2. The second kappa shape index (κ2) is 11.6. The third-order valence-corrected chi connectivity index (χ3v) is 4.30. The number of hydrogen-bond donors (Lipinski definition) is 2. The summed E-state index contributed by atoms with van der Waals surface area (Å²) in [5.41, 5.74) is 0. The number of aliphatic imine (C=N–C) groups is 1. The molecule has 148 valence electrons. The average molecular weight is 478 g/mol. The van der Waals surface area contributed by atoms with Crippen LogP contribution in [0.5, 0.6) is 5.75 Å². The molecule has 0 amide bonds. The molecule has 1 aromatic rings. The van der Waals surface area contributed by atoms with E-state index in [-0.39, 0.29) is 35.9 Å². The summed E-state index contributed by atoms with van der Waals surface area (Å²) in [7, 11) is 4.24. The summed E-state index contributed by atoms with van der Waals surface area (Å²) >= 11 is 0. The highest BCUT2D eigenvalue weighted by Gasteiger charge is 2.32. The Labute approximate surface area is 173 Å². The number of guanidine groups is 1. The van der Waals surface area contributed by atoms with Crippen molar-refractivity contribution in [3.05, 3.63) is 30.1 Å². The molecule has 2 N–H and O–H groups in total. The van der Waals surface area contributed by atoms with Crippen LogP contribution in [0.4, 0.5) is 4.39 Å². The van der Waals surface area contributed by atoms with Gasteiger partial charge in [-0.15, -0.1) is 24.0 Å². The van der Waals surface area contributed by atoms with Crippen molar-refractivity contribution in [2.75, 3.05) is 33.7 Å². The van der Waals surface area contributed by atoms with E-state index in [0.717, 1.165) is 25.0 Å². The van der Waals surface area contributed by atoms with E-state index in [2.05, 4.69) is 29.6 Å². The quantitative estimate of drug-likeness (QED) is 0.326. The van der Waals surface area contributed by atoms with Gasteiger partial charge in [0.15, 0.2) is 5.96 Å². The fourth-order valence-electron chi connectivity index (χ4n) is 2.80. The first-order valence-corrected chi connectivity index (χ1v) is 9.10. The standard InChI is InChI=1S/C19H31FN4O.HI/c1-5-21-19(23-13-18(24(3)4)15-9-10-15)22-12-14(2)25-17-8-6-7-16(20)11-17;/h6-8,11,14-15,18H,5,9-10,12-13H2,1-4H3,(H2,21,22,23);1H. The van der Waals surface area contributed by atoms with Crippen molar-refractivity contribution in [2.45, 2.75) is 38.8 Å². The van der Waals surface area contributed by atoms with Crippen LogP contribution in [0, 0.1) is 11.7 Å². The predicted molar refractivity (Wildman–Crippen MR) is 116 cm³/mol. The Morgan fingerprint density at radius 3 is 2.65 bits per heavy atom. The number of halogens is 2. The van der Waals surface area contributed by atoms with Gasteiger partial charge in [-0.05, 0) is 58.8 Å². The van der Waals surface area contributed by atoms with Crippen LogP contribution in [0.25, 0.3) is 0 Å². The normalized spacial score (nSPS) is 16.6. The molecule has 0 radical (unpaired) electrons. The Kier molecular flexibility index (Phi) is 10.2. The van der Waals surface area contributed by atoms with Crippen LogP contribution in [0.15, 0.2) is 29.3 Å². The number of nitrogens with one attached hydrogen (secondary N) is 2. The molecule has 1 saturated carbocycles. The molecule has 0 bridgehead atoms. The Morgan fingerprint density at radius 1 is 1.35 bits per heavy atom. The lowest BCUT2D eigenvalue weighted by Crippen LogP contribution is -2.43. The molecule has 2 rings (SSSR count). The smallest absolute Gasteiger partial charge is 0.191 e. The van der Waals surface area contributed by atoms with E-state index in [0.29, 0.717) is 18.3 Å². The molecule has 1 aliphatic rings. The van der Waals surface area contributed by atoms with Crippen molar-refractivity contribution in [1.29, 1.82) is 0 Å². The molecule has 5 nitrogen and oxygen atoms in total. The molecule has 26 heavy (non-hydrogen) atoms. The molecule has 0 spiro atoms. The van der Waals surface area contributed by atoms with Gasteiger partial charge in [0.2, 0.25) is 0 Å². The summed E-state index contributed by atoms with van der Waals surface area (Å²) in [6.07, 6.45) is 2.51. The van der Waals surface area contributed by atoms with Crippen LogP contribution in [-0.4, -0.2) is 56.7 Å². The van der Waals surface area contributed by atoms with Gasteiger partial charge in [-0.25, -0.2) is 4.39 Å². The second-order valence-corrected chi connectivity index (χ2v) is 6.85. The van der Waals surface area contributed by atoms with E-state index < -0.39 is 0 Å². The number of ether oxygens (including phenoxy) is 1. The van der Waals surface area contributed by atoms with Crippen LogP contribution in [0.1, 0.15) is 26.7 Å². The first kappa shape index (κ1) is 23.0. The van der Waals surface area contributed by atoms with E-state index in [1.165, 1.54) is 25.0 Å². The van der Waals surface area contributed by atoms with Crippen molar-refractivity contribution in [2.24, 2.45) is 10.9 Å². The largest absolute Gasteiger partial charge is 0.489 e. The summed E-state index contributed by atoms with van der Waals surface area (Å²) < 4.78 is 19.0. The first-order chi connectivity index (χ1) is 12.0. The van der Waals surface area contributed by atoms with Crippen LogP contribution in [-0.2, 0) is 0 Å². The Balaban J connectivity index is 0.00000338. The first-order valence-electron chi connectivity index (χ1n) is 9.10. The Morgan fingerprint density at radius 2 is 2.08 bits per heavy atom. The molecule has 1 aromatic carbocycles.